The predicted octanol–water partition coefficient (Wildman–Crippen LogP) is 2.15. The number of aromatic nitrogens is 1. The first-order chi connectivity index (χ1) is 7.11. The number of thiophene rings is 1. The Morgan fingerprint density at radius 2 is 2.33 bits per heavy atom. The van der Waals surface area contributed by atoms with Gasteiger partial charge >= 0.3 is 11.6 Å². The Hall–Kier alpha value is -1.62. The summed E-state index contributed by atoms with van der Waals surface area (Å²) in [5.41, 5.74) is 0.0819. The number of nitrogens with zero attached hydrogens (tertiary/aromatic N) is 1. The van der Waals surface area contributed by atoms with Crippen molar-refractivity contribution < 1.29 is 13.9 Å². The molecule has 0 radical (unpaired) electrons. The van der Waals surface area contributed by atoms with Crippen LogP contribution in [0.15, 0.2) is 21.9 Å². The van der Waals surface area contributed by atoms with E-state index in [1.807, 2.05) is 11.4 Å². The van der Waals surface area contributed by atoms with E-state index in [9.17, 15) is 10.0 Å². The van der Waals surface area contributed by atoms with Crippen LogP contribution in [0.2, 0.25) is 0 Å². The van der Waals surface area contributed by atoms with E-state index in [0.29, 0.717) is 10.5 Å². The van der Waals surface area contributed by atoms with Gasteiger partial charge in [0.05, 0.1) is 0 Å². The average Bonchev–Trinajstić information content (AvgIpc) is 2.72. The molecule has 4 nitrogen and oxygen atoms in total. The highest BCUT2D eigenvalue weighted by molar-refractivity contribution is 7.13. The fraction of sp³-hybridized carbons (Fsp3) is 0.200. The lowest BCUT2D eigenvalue weighted by Crippen LogP contribution is -2.33. The van der Waals surface area contributed by atoms with Crippen molar-refractivity contribution in [2.75, 3.05) is 0 Å². The summed E-state index contributed by atoms with van der Waals surface area (Å²) >= 11 is 1.40. The van der Waals surface area contributed by atoms with E-state index in [0.717, 1.165) is 4.88 Å². The standard InChI is InChI=1S/C10H9NO3S/c1-6(12)9-7(2)14-10(11(9)13)8-4-3-5-15-8/h3-5H,1-2H3. The molecule has 0 N–H and O–H groups in total. The van der Waals surface area contributed by atoms with Crippen LogP contribution in [0.25, 0.3) is 10.8 Å². The molecule has 2 aromatic rings. The molecule has 0 saturated carbocycles. The summed E-state index contributed by atoms with van der Waals surface area (Å²) in [6.45, 7) is 2.96. The van der Waals surface area contributed by atoms with Gasteiger partial charge in [-0.15, -0.1) is 16.1 Å². The van der Waals surface area contributed by atoms with Gasteiger partial charge < -0.3 is 9.62 Å². The Bertz CT molecular complexity index is 499. The van der Waals surface area contributed by atoms with Gasteiger partial charge in [0.25, 0.3) is 0 Å². The first-order valence-corrected chi connectivity index (χ1v) is 5.27. The van der Waals surface area contributed by atoms with Crippen molar-refractivity contribution in [3.8, 4) is 10.8 Å². The molecule has 2 rings (SSSR count). The number of oxazole rings is 1. The monoisotopic (exact) mass is 223 g/mol. The highest BCUT2D eigenvalue weighted by Crippen LogP contribution is 2.24. The second-order valence-corrected chi connectivity index (χ2v) is 4.09. The smallest absolute Gasteiger partial charge is 0.403 e. The topological polar surface area (TPSA) is 57.2 Å². The molecule has 2 aromatic heterocycles. The molecule has 0 atom stereocenters. The van der Waals surface area contributed by atoms with Gasteiger partial charge in [-0.25, -0.2) is 0 Å². The number of carbonyl (C=O) groups is 1. The maximum Gasteiger partial charge on any atom is 0.403 e. The Morgan fingerprint density at radius 3 is 2.80 bits per heavy atom. The van der Waals surface area contributed by atoms with E-state index in [-0.39, 0.29) is 17.4 Å². The molecule has 0 aliphatic heterocycles. The normalized spacial score (nSPS) is 10.5. The largest absolute Gasteiger partial charge is 0.615 e. The Kier molecular flexibility index (Phi) is 2.32. The van der Waals surface area contributed by atoms with Gasteiger partial charge in [-0.2, -0.15) is 0 Å². The van der Waals surface area contributed by atoms with Crippen LogP contribution in [0.4, 0.5) is 0 Å². The van der Waals surface area contributed by atoms with Crippen LogP contribution in [0.3, 0.4) is 0 Å². The fourth-order valence-corrected chi connectivity index (χ4v) is 2.11. The molecule has 0 aliphatic rings. The summed E-state index contributed by atoms with van der Waals surface area (Å²) in [5, 5.41) is 13.6. The highest BCUT2D eigenvalue weighted by atomic mass is 32.1. The van der Waals surface area contributed by atoms with Crippen molar-refractivity contribution in [1.82, 2.24) is 0 Å². The maximum atomic E-state index is 11.7. The van der Waals surface area contributed by atoms with Gasteiger partial charge in [0.15, 0.2) is 5.76 Å². The van der Waals surface area contributed by atoms with Gasteiger partial charge in [0, 0.05) is 13.8 Å². The lowest BCUT2D eigenvalue weighted by molar-refractivity contribution is -0.598. The van der Waals surface area contributed by atoms with Crippen molar-refractivity contribution in [2.45, 2.75) is 13.8 Å². The van der Waals surface area contributed by atoms with Gasteiger partial charge in [-0.1, -0.05) is 6.07 Å². The third-order valence-electron chi connectivity index (χ3n) is 2.04. The van der Waals surface area contributed by atoms with E-state index in [4.69, 9.17) is 4.42 Å². The second-order valence-electron chi connectivity index (χ2n) is 3.14. The highest BCUT2D eigenvalue weighted by Gasteiger charge is 2.27. The van der Waals surface area contributed by atoms with Crippen LogP contribution >= 0.6 is 11.3 Å². The zero-order valence-electron chi connectivity index (χ0n) is 8.31. The number of ketones is 1. The zero-order chi connectivity index (χ0) is 11.0. The number of Topliss-reactive ketones (excluding diaryl/α,β-unsaturated/α-hetero) is 1. The van der Waals surface area contributed by atoms with Crippen LogP contribution in [-0.2, 0) is 0 Å². The molecule has 0 saturated heterocycles. The fourth-order valence-electron chi connectivity index (χ4n) is 1.42. The second kappa shape index (κ2) is 3.51. The molecule has 15 heavy (non-hydrogen) atoms. The molecule has 0 bridgehead atoms. The van der Waals surface area contributed by atoms with Crippen LogP contribution in [-0.4, -0.2) is 5.78 Å². The van der Waals surface area contributed by atoms with Crippen molar-refractivity contribution in [1.29, 1.82) is 0 Å². The summed E-state index contributed by atoms with van der Waals surface area (Å²) in [6, 6.07) is 3.60. The molecule has 0 unspecified atom stereocenters. The quantitative estimate of drug-likeness (QED) is 0.445. The van der Waals surface area contributed by atoms with Gasteiger partial charge in [-0.05, 0) is 11.4 Å². The van der Waals surface area contributed by atoms with Gasteiger partial charge in [0.1, 0.15) is 4.88 Å². The minimum absolute atomic E-state index is 0.0819. The summed E-state index contributed by atoms with van der Waals surface area (Å²) < 4.78 is 5.85. The summed E-state index contributed by atoms with van der Waals surface area (Å²) in [4.78, 5) is 11.9. The Morgan fingerprint density at radius 1 is 1.60 bits per heavy atom. The molecular formula is C10H9NO3S. The zero-order valence-corrected chi connectivity index (χ0v) is 9.13. The molecule has 5 heteroatoms. The first-order valence-electron chi connectivity index (χ1n) is 4.39. The number of hydrogen-bond acceptors (Lipinski definition) is 4. The molecule has 0 aromatic carbocycles. The van der Waals surface area contributed by atoms with Gasteiger partial charge in [0.2, 0.25) is 5.78 Å². The van der Waals surface area contributed by atoms with Crippen LogP contribution in [0.1, 0.15) is 23.2 Å². The van der Waals surface area contributed by atoms with E-state index >= 15 is 0 Å². The first kappa shape index (κ1) is 9.92. The average molecular weight is 223 g/mol. The maximum absolute atomic E-state index is 11.7. The van der Waals surface area contributed by atoms with E-state index in [2.05, 4.69) is 0 Å². The van der Waals surface area contributed by atoms with E-state index < -0.39 is 0 Å². The summed E-state index contributed by atoms with van der Waals surface area (Å²) in [7, 11) is 0. The lowest BCUT2D eigenvalue weighted by atomic mass is 10.3. The summed E-state index contributed by atoms with van der Waals surface area (Å²) in [5.74, 6) is 0.266. The molecule has 0 amide bonds. The number of rotatable bonds is 2. The molecule has 0 fully saturated rings. The van der Waals surface area contributed by atoms with Crippen LogP contribution < -0.4 is 4.73 Å². The van der Waals surface area contributed by atoms with Gasteiger partial charge in [-0.3, -0.25) is 4.79 Å². The SMILES string of the molecule is CC(=O)c1c(C)oc(-c2cccs2)[n+]1[O-]. The molecular weight excluding hydrogens is 214 g/mol. The molecule has 0 aliphatic carbocycles. The van der Waals surface area contributed by atoms with Crippen molar-refractivity contribution in [3.05, 3.63) is 34.2 Å². The number of aryl methyl sites for hydroxylation is 1. The minimum atomic E-state index is -0.283. The number of carbonyl (C=O) groups excluding carboxylic acids is 1. The van der Waals surface area contributed by atoms with Crippen LogP contribution in [0, 0.1) is 12.1 Å². The third-order valence-corrected chi connectivity index (χ3v) is 2.89. The van der Waals surface area contributed by atoms with E-state index in [1.54, 1.807) is 13.0 Å². The predicted molar refractivity (Wildman–Crippen MR) is 55.7 cm³/mol. The minimum Gasteiger partial charge on any atom is -0.615 e. The third kappa shape index (κ3) is 1.55. The van der Waals surface area contributed by atoms with Crippen molar-refractivity contribution >= 4 is 17.1 Å². The summed E-state index contributed by atoms with van der Waals surface area (Å²) in [6.07, 6.45) is 0. The van der Waals surface area contributed by atoms with Crippen molar-refractivity contribution in [2.24, 2.45) is 0 Å². The Labute approximate surface area is 90.4 Å². The van der Waals surface area contributed by atoms with Crippen LogP contribution in [0.5, 0.6) is 0 Å². The lowest BCUT2D eigenvalue weighted by Gasteiger charge is -1.94. The van der Waals surface area contributed by atoms with E-state index in [1.165, 1.54) is 18.3 Å². The van der Waals surface area contributed by atoms with Crippen molar-refractivity contribution in [3.63, 3.8) is 0 Å². The molecule has 0 spiro atoms. The molecule has 78 valence electrons. The Balaban J connectivity index is 2.61. The molecule has 2 heterocycles. The number of hydrogen-bond donors (Lipinski definition) is 0.